The fraction of sp³-hybridized carbons (Fsp3) is 0.700. The summed E-state index contributed by atoms with van der Waals surface area (Å²) in [7, 11) is 0. The number of carbonyl (C=O) groups excluding carboxylic acids is 1. The lowest BCUT2D eigenvalue weighted by atomic mass is 9.85. The van der Waals surface area contributed by atoms with Crippen LogP contribution in [0.5, 0.6) is 0 Å². The third-order valence-electron chi connectivity index (χ3n) is 5.13. The minimum atomic E-state index is -0.736. The third kappa shape index (κ3) is 6.60. The van der Waals surface area contributed by atoms with Gasteiger partial charge < -0.3 is 9.84 Å². The van der Waals surface area contributed by atoms with Crippen LogP contribution in [0, 0.1) is 17.8 Å². The summed E-state index contributed by atoms with van der Waals surface area (Å²) >= 11 is 0. The van der Waals surface area contributed by atoms with Crippen LogP contribution in [0.15, 0.2) is 24.3 Å². The predicted octanol–water partition coefficient (Wildman–Crippen LogP) is 4.16. The van der Waals surface area contributed by atoms with Crippen LogP contribution in [0.2, 0.25) is 0 Å². The molecule has 0 aromatic carbocycles. The van der Waals surface area contributed by atoms with E-state index in [0.29, 0.717) is 30.6 Å². The lowest BCUT2D eigenvalue weighted by Gasteiger charge is -2.19. The molecule has 24 heavy (non-hydrogen) atoms. The van der Waals surface area contributed by atoms with Crippen molar-refractivity contribution in [1.82, 2.24) is 0 Å². The summed E-state index contributed by atoms with van der Waals surface area (Å²) < 4.78 is 5.58. The molecule has 2 rings (SSSR count). The summed E-state index contributed by atoms with van der Waals surface area (Å²) in [5, 5.41) is 8.60. The molecule has 2 aliphatic rings. The Bertz CT molecular complexity index is 460. The first kappa shape index (κ1) is 18.9. The van der Waals surface area contributed by atoms with E-state index < -0.39 is 5.97 Å². The Morgan fingerprint density at radius 3 is 2.62 bits per heavy atom. The fourth-order valence-electron chi connectivity index (χ4n) is 3.57. The van der Waals surface area contributed by atoms with Gasteiger partial charge in [-0.05, 0) is 44.1 Å². The molecule has 0 spiro atoms. The second kappa shape index (κ2) is 10.4. The normalized spacial score (nSPS) is 25.7. The van der Waals surface area contributed by atoms with Gasteiger partial charge in [-0.3, -0.25) is 9.59 Å². The highest BCUT2D eigenvalue weighted by atomic mass is 16.5. The van der Waals surface area contributed by atoms with E-state index in [1.807, 2.05) is 0 Å². The Hall–Kier alpha value is -1.42. The molecule has 2 atom stereocenters. The second-order valence-electron chi connectivity index (χ2n) is 7.05. The summed E-state index contributed by atoms with van der Waals surface area (Å²) in [6.45, 7) is 1.44. The lowest BCUT2D eigenvalue weighted by Crippen LogP contribution is -2.16. The molecule has 2 fully saturated rings. The Morgan fingerprint density at radius 1 is 1.08 bits per heavy atom. The smallest absolute Gasteiger partial charge is 0.303 e. The first-order chi connectivity index (χ1) is 11.7. The number of ether oxygens (including phenoxy) is 1. The molecule has 134 valence electrons. The van der Waals surface area contributed by atoms with E-state index in [9.17, 15) is 9.59 Å². The van der Waals surface area contributed by atoms with Gasteiger partial charge in [0.2, 0.25) is 0 Å². The van der Waals surface area contributed by atoms with Gasteiger partial charge >= 0.3 is 5.97 Å². The molecule has 1 N–H and O–H groups in total. The molecular formula is C20H30O4. The molecule has 1 saturated heterocycles. The van der Waals surface area contributed by atoms with Gasteiger partial charge in [0, 0.05) is 18.3 Å². The molecule has 0 aromatic rings. The van der Waals surface area contributed by atoms with E-state index >= 15 is 0 Å². The summed E-state index contributed by atoms with van der Waals surface area (Å²) in [5.74, 6) is 0.548. The summed E-state index contributed by atoms with van der Waals surface area (Å²) in [6, 6.07) is 0. The molecule has 1 heterocycles. The van der Waals surface area contributed by atoms with E-state index in [2.05, 4.69) is 18.2 Å². The second-order valence-corrected chi connectivity index (χ2v) is 7.05. The molecule has 0 bridgehead atoms. The van der Waals surface area contributed by atoms with Crippen molar-refractivity contribution >= 4 is 11.8 Å². The Labute approximate surface area is 145 Å². The van der Waals surface area contributed by atoms with Crippen LogP contribution in [0.1, 0.15) is 57.8 Å². The van der Waals surface area contributed by atoms with Gasteiger partial charge in [-0.15, -0.1) is 0 Å². The number of aliphatic carboxylic acids is 1. The minimum Gasteiger partial charge on any atom is -0.481 e. The highest BCUT2D eigenvalue weighted by Crippen LogP contribution is 2.28. The average Bonchev–Trinajstić information content (AvgIpc) is 3.03. The number of rotatable bonds is 9. The number of hydrogen-bond acceptors (Lipinski definition) is 3. The molecule has 4 nitrogen and oxygen atoms in total. The number of ketones is 1. The van der Waals surface area contributed by atoms with E-state index in [1.54, 1.807) is 6.08 Å². The monoisotopic (exact) mass is 334 g/mol. The van der Waals surface area contributed by atoms with Crippen molar-refractivity contribution in [3.63, 3.8) is 0 Å². The maximum Gasteiger partial charge on any atom is 0.303 e. The number of carbonyl (C=O) groups is 2. The van der Waals surface area contributed by atoms with Gasteiger partial charge in [-0.1, -0.05) is 37.5 Å². The van der Waals surface area contributed by atoms with Crippen LogP contribution >= 0.6 is 0 Å². The maximum atomic E-state index is 12.3. The molecular weight excluding hydrogens is 304 g/mol. The molecule has 0 unspecified atom stereocenters. The van der Waals surface area contributed by atoms with E-state index in [0.717, 1.165) is 32.3 Å². The zero-order valence-corrected chi connectivity index (χ0v) is 14.5. The molecule has 0 amide bonds. The molecule has 0 radical (unpaired) electrons. The van der Waals surface area contributed by atoms with Crippen molar-refractivity contribution in [3.8, 4) is 0 Å². The van der Waals surface area contributed by atoms with Gasteiger partial charge in [0.15, 0.2) is 5.78 Å². The Balaban J connectivity index is 1.71. The zero-order valence-electron chi connectivity index (χ0n) is 14.5. The number of hydrogen-bond donors (Lipinski definition) is 1. The van der Waals surface area contributed by atoms with Crippen molar-refractivity contribution in [2.24, 2.45) is 17.8 Å². The first-order valence-electron chi connectivity index (χ1n) is 9.33. The van der Waals surface area contributed by atoms with Crippen molar-refractivity contribution in [2.45, 2.75) is 57.8 Å². The first-order valence-corrected chi connectivity index (χ1v) is 9.33. The standard InChI is InChI=1S/C20H30O4/c21-19(16-8-5-3-6-9-16)13-12-18-15-24-14-17(18)10-4-1-2-7-11-20(22)23/h1,4,12-13,16-18H,2-3,5-11,14-15H2,(H,22,23)/t17-,18-/m0/s1. The average molecular weight is 334 g/mol. The number of carboxylic acids is 1. The van der Waals surface area contributed by atoms with Crippen molar-refractivity contribution < 1.29 is 19.4 Å². The highest BCUT2D eigenvalue weighted by Gasteiger charge is 2.26. The molecule has 1 aliphatic carbocycles. The van der Waals surface area contributed by atoms with Crippen LogP contribution in [0.3, 0.4) is 0 Å². The summed E-state index contributed by atoms with van der Waals surface area (Å²) in [5.41, 5.74) is 0. The number of unbranched alkanes of at least 4 members (excludes halogenated alkanes) is 1. The van der Waals surface area contributed by atoms with E-state index in [1.165, 1.54) is 19.3 Å². The Kier molecular flexibility index (Phi) is 8.23. The molecule has 1 saturated carbocycles. The zero-order chi connectivity index (χ0) is 17.2. The molecule has 1 aliphatic heterocycles. The molecule has 4 heteroatoms. The van der Waals surface area contributed by atoms with Gasteiger partial charge in [0.05, 0.1) is 13.2 Å². The largest absolute Gasteiger partial charge is 0.481 e. The van der Waals surface area contributed by atoms with Gasteiger partial charge in [-0.2, -0.15) is 0 Å². The van der Waals surface area contributed by atoms with Crippen LogP contribution in [-0.2, 0) is 14.3 Å². The van der Waals surface area contributed by atoms with E-state index in [-0.39, 0.29) is 12.3 Å². The third-order valence-corrected chi connectivity index (χ3v) is 5.13. The van der Waals surface area contributed by atoms with Crippen molar-refractivity contribution in [1.29, 1.82) is 0 Å². The lowest BCUT2D eigenvalue weighted by molar-refractivity contribution is -0.137. The van der Waals surface area contributed by atoms with Crippen molar-refractivity contribution in [2.75, 3.05) is 13.2 Å². The van der Waals surface area contributed by atoms with Gasteiger partial charge in [0.25, 0.3) is 0 Å². The summed E-state index contributed by atoms with van der Waals surface area (Å²) in [6.07, 6.45) is 16.5. The van der Waals surface area contributed by atoms with Crippen LogP contribution in [-0.4, -0.2) is 30.1 Å². The topological polar surface area (TPSA) is 63.6 Å². The fourth-order valence-corrected chi connectivity index (χ4v) is 3.57. The number of carboxylic acid groups (broad SMARTS) is 1. The van der Waals surface area contributed by atoms with Gasteiger partial charge in [-0.25, -0.2) is 0 Å². The summed E-state index contributed by atoms with van der Waals surface area (Å²) in [4.78, 5) is 22.7. The maximum absolute atomic E-state index is 12.3. The Morgan fingerprint density at radius 2 is 1.88 bits per heavy atom. The van der Waals surface area contributed by atoms with Gasteiger partial charge in [0.1, 0.15) is 0 Å². The van der Waals surface area contributed by atoms with Crippen LogP contribution < -0.4 is 0 Å². The SMILES string of the molecule is O=C(O)CCCC=CC[C@H]1COC[C@@H]1C=CC(=O)C1CCCCC1. The minimum absolute atomic E-state index is 0.228. The molecule has 0 aromatic heterocycles. The van der Waals surface area contributed by atoms with E-state index in [4.69, 9.17) is 9.84 Å². The van der Waals surface area contributed by atoms with Crippen LogP contribution in [0.4, 0.5) is 0 Å². The number of allylic oxidation sites excluding steroid dienone is 3. The van der Waals surface area contributed by atoms with Crippen molar-refractivity contribution in [3.05, 3.63) is 24.3 Å². The van der Waals surface area contributed by atoms with Crippen LogP contribution in [0.25, 0.3) is 0 Å². The quantitative estimate of drug-likeness (QED) is 0.391. The predicted molar refractivity (Wildman–Crippen MR) is 93.8 cm³/mol. The highest BCUT2D eigenvalue weighted by molar-refractivity contribution is 5.91.